The van der Waals surface area contributed by atoms with E-state index in [0.29, 0.717) is 5.75 Å². The zero-order valence-corrected chi connectivity index (χ0v) is 9.68. The molecule has 0 aliphatic heterocycles. The molecule has 2 atom stereocenters. The van der Waals surface area contributed by atoms with E-state index in [1.807, 2.05) is 6.92 Å². The van der Waals surface area contributed by atoms with Gasteiger partial charge in [-0.1, -0.05) is 0 Å². The smallest absolute Gasteiger partial charge is 0.165 e. The zero-order chi connectivity index (χ0) is 11.3. The first-order valence-corrected chi connectivity index (χ1v) is 6.49. The topological polar surface area (TPSA) is 42.0 Å². The van der Waals surface area contributed by atoms with Crippen molar-refractivity contribution in [3.05, 3.63) is 24.1 Å². The van der Waals surface area contributed by atoms with Crippen LogP contribution in [0.15, 0.2) is 18.3 Å². The largest absolute Gasteiger partial charge is 0.365 e. The SMILES string of the molecule is CC(CCS(C)=O)Nc1ncccc1F. The Morgan fingerprint density at radius 2 is 2.40 bits per heavy atom. The van der Waals surface area contributed by atoms with Crippen molar-refractivity contribution < 1.29 is 8.60 Å². The molecule has 1 heterocycles. The van der Waals surface area contributed by atoms with Gasteiger partial charge < -0.3 is 5.32 Å². The van der Waals surface area contributed by atoms with Crippen molar-refractivity contribution in [2.24, 2.45) is 0 Å². The van der Waals surface area contributed by atoms with E-state index >= 15 is 0 Å². The van der Waals surface area contributed by atoms with Gasteiger partial charge in [-0.3, -0.25) is 4.21 Å². The van der Waals surface area contributed by atoms with Crippen molar-refractivity contribution in [3.8, 4) is 0 Å². The molecule has 1 aromatic rings. The fraction of sp³-hybridized carbons (Fsp3) is 0.500. The summed E-state index contributed by atoms with van der Waals surface area (Å²) in [5, 5.41) is 2.94. The highest BCUT2D eigenvalue weighted by Crippen LogP contribution is 2.10. The van der Waals surface area contributed by atoms with Crippen LogP contribution >= 0.6 is 0 Å². The molecule has 0 amide bonds. The molecule has 0 fully saturated rings. The number of aromatic nitrogens is 1. The molecular formula is C10H15FN2OS. The number of rotatable bonds is 5. The third-order valence-electron chi connectivity index (χ3n) is 1.98. The van der Waals surface area contributed by atoms with Crippen molar-refractivity contribution in [2.45, 2.75) is 19.4 Å². The Labute approximate surface area is 91.6 Å². The lowest BCUT2D eigenvalue weighted by Gasteiger charge is -2.13. The van der Waals surface area contributed by atoms with Crippen LogP contribution in [0.3, 0.4) is 0 Å². The number of halogens is 1. The Kier molecular flexibility index (Phi) is 4.68. The summed E-state index contributed by atoms with van der Waals surface area (Å²) in [7, 11) is -0.804. The van der Waals surface area contributed by atoms with Crippen molar-refractivity contribution >= 4 is 16.6 Å². The van der Waals surface area contributed by atoms with E-state index in [1.165, 1.54) is 12.3 Å². The van der Waals surface area contributed by atoms with E-state index in [0.717, 1.165) is 6.42 Å². The van der Waals surface area contributed by atoms with E-state index in [-0.39, 0.29) is 17.7 Å². The molecular weight excluding hydrogens is 215 g/mol. The molecule has 0 aliphatic rings. The van der Waals surface area contributed by atoms with Gasteiger partial charge in [0.05, 0.1) is 0 Å². The first-order valence-electron chi connectivity index (χ1n) is 4.76. The summed E-state index contributed by atoms with van der Waals surface area (Å²) in [5.74, 6) is 0.511. The molecule has 3 nitrogen and oxygen atoms in total. The van der Waals surface area contributed by atoms with Crippen LogP contribution < -0.4 is 5.32 Å². The molecule has 2 unspecified atom stereocenters. The second-order valence-electron chi connectivity index (χ2n) is 3.45. The number of hydrogen-bond donors (Lipinski definition) is 1. The van der Waals surface area contributed by atoms with Crippen LogP contribution in [0.25, 0.3) is 0 Å². The highest BCUT2D eigenvalue weighted by molar-refractivity contribution is 7.84. The number of pyridine rings is 1. The molecule has 0 saturated heterocycles. The standard InChI is InChI=1S/C10H15FN2OS/c1-8(5-7-15(2)14)13-10-9(11)4-3-6-12-10/h3-4,6,8H,5,7H2,1-2H3,(H,12,13). The highest BCUT2D eigenvalue weighted by Gasteiger charge is 2.07. The molecule has 0 spiro atoms. The summed E-state index contributed by atoms with van der Waals surface area (Å²) < 4.78 is 24.0. The van der Waals surface area contributed by atoms with Crippen LogP contribution in [0, 0.1) is 5.82 Å². The average Bonchev–Trinajstić information content (AvgIpc) is 2.18. The molecule has 1 rings (SSSR count). The molecule has 15 heavy (non-hydrogen) atoms. The molecule has 1 N–H and O–H groups in total. The Morgan fingerprint density at radius 3 is 3.00 bits per heavy atom. The fourth-order valence-corrected chi connectivity index (χ4v) is 1.83. The Bertz CT molecular complexity index is 346. The van der Waals surface area contributed by atoms with E-state index in [4.69, 9.17) is 0 Å². The van der Waals surface area contributed by atoms with Gasteiger partial charge in [-0.05, 0) is 25.5 Å². The molecule has 0 aliphatic carbocycles. The summed E-state index contributed by atoms with van der Waals surface area (Å²) in [5.41, 5.74) is 0. The van der Waals surface area contributed by atoms with Crippen LogP contribution in [0.1, 0.15) is 13.3 Å². The predicted octanol–water partition coefficient (Wildman–Crippen LogP) is 1.79. The number of anilines is 1. The second kappa shape index (κ2) is 5.80. The van der Waals surface area contributed by atoms with Gasteiger partial charge in [-0.15, -0.1) is 0 Å². The monoisotopic (exact) mass is 230 g/mol. The van der Waals surface area contributed by atoms with Gasteiger partial charge in [0.15, 0.2) is 11.6 Å². The van der Waals surface area contributed by atoms with Crippen LogP contribution in [-0.4, -0.2) is 27.2 Å². The third-order valence-corrected chi connectivity index (χ3v) is 2.79. The van der Waals surface area contributed by atoms with Gasteiger partial charge >= 0.3 is 0 Å². The molecule has 84 valence electrons. The second-order valence-corrected chi connectivity index (χ2v) is 5.00. The van der Waals surface area contributed by atoms with Gasteiger partial charge in [0.1, 0.15) is 0 Å². The maximum absolute atomic E-state index is 13.2. The maximum atomic E-state index is 13.2. The van der Waals surface area contributed by atoms with E-state index < -0.39 is 10.8 Å². The zero-order valence-electron chi connectivity index (χ0n) is 8.87. The predicted molar refractivity (Wildman–Crippen MR) is 60.8 cm³/mol. The molecule has 0 saturated carbocycles. The Balaban J connectivity index is 2.47. The Hall–Kier alpha value is -0.970. The minimum atomic E-state index is -0.804. The van der Waals surface area contributed by atoms with Crippen LogP contribution in [0.2, 0.25) is 0 Å². The van der Waals surface area contributed by atoms with Crippen LogP contribution in [0.4, 0.5) is 10.2 Å². The summed E-state index contributed by atoms with van der Waals surface area (Å²) >= 11 is 0. The normalized spacial score (nSPS) is 14.6. The molecule has 0 bridgehead atoms. The lowest BCUT2D eigenvalue weighted by atomic mass is 10.2. The third kappa shape index (κ3) is 4.38. The van der Waals surface area contributed by atoms with Gasteiger partial charge in [-0.2, -0.15) is 0 Å². The maximum Gasteiger partial charge on any atom is 0.165 e. The van der Waals surface area contributed by atoms with E-state index in [2.05, 4.69) is 10.3 Å². The van der Waals surface area contributed by atoms with E-state index in [9.17, 15) is 8.60 Å². The van der Waals surface area contributed by atoms with Crippen molar-refractivity contribution in [1.82, 2.24) is 4.98 Å². The number of hydrogen-bond acceptors (Lipinski definition) is 3. The summed E-state index contributed by atoms with van der Waals surface area (Å²) in [4.78, 5) is 3.88. The minimum Gasteiger partial charge on any atom is -0.365 e. The lowest BCUT2D eigenvalue weighted by molar-refractivity contribution is 0.618. The van der Waals surface area contributed by atoms with Crippen LogP contribution in [0.5, 0.6) is 0 Å². The van der Waals surface area contributed by atoms with Crippen molar-refractivity contribution in [1.29, 1.82) is 0 Å². The molecule has 0 radical (unpaired) electrons. The van der Waals surface area contributed by atoms with Crippen molar-refractivity contribution in [3.63, 3.8) is 0 Å². The summed E-state index contributed by atoms with van der Waals surface area (Å²) in [6.45, 7) is 1.92. The average molecular weight is 230 g/mol. The first kappa shape index (κ1) is 12.1. The summed E-state index contributed by atoms with van der Waals surface area (Å²) in [6, 6.07) is 2.98. The van der Waals surface area contributed by atoms with Gasteiger partial charge in [-0.25, -0.2) is 9.37 Å². The number of nitrogens with one attached hydrogen (secondary N) is 1. The highest BCUT2D eigenvalue weighted by atomic mass is 32.2. The van der Waals surface area contributed by atoms with Gasteiger partial charge in [0, 0.05) is 35.0 Å². The van der Waals surface area contributed by atoms with E-state index in [1.54, 1.807) is 12.3 Å². The summed E-state index contributed by atoms with van der Waals surface area (Å²) in [6.07, 6.45) is 3.93. The quantitative estimate of drug-likeness (QED) is 0.838. The minimum absolute atomic E-state index is 0.0679. The molecule has 1 aromatic heterocycles. The molecule has 5 heteroatoms. The van der Waals surface area contributed by atoms with Crippen molar-refractivity contribution in [2.75, 3.05) is 17.3 Å². The fourth-order valence-electron chi connectivity index (χ4n) is 1.14. The Morgan fingerprint density at radius 1 is 1.67 bits per heavy atom. The number of nitrogens with zero attached hydrogens (tertiary/aromatic N) is 1. The lowest BCUT2D eigenvalue weighted by Crippen LogP contribution is -2.19. The first-order chi connectivity index (χ1) is 7.09. The molecule has 0 aromatic carbocycles. The van der Waals surface area contributed by atoms with Gasteiger partial charge in [0.2, 0.25) is 0 Å². The van der Waals surface area contributed by atoms with Gasteiger partial charge in [0.25, 0.3) is 0 Å². The van der Waals surface area contributed by atoms with Crippen LogP contribution in [-0.2, 0) is 10.8 Å².